The quantitative estimate of drug-likeness (QED) is 0.928. The van der Waals surface area contributed by atoms with E-state index in [1.54, 1.807) is 7.11 Å². The number of Topliss-reactive ketones (excluding diaryl/α,β-unsaturated/α-hetero) is 1. The highest BCUT2D eigenvalue weighted by Gasteiger charge is 2.46. The zero-order valence-corrected chi connectivity index (χ0v) is 13.1. The highest BCUT2D eigenvalue weighted by atomic mass is 16.5. The third kappa shape index (κ3) is 2.50. The maximum atomic E-state index is 12.3. The minimum absolute atomic E-state index is 0.195. The van der Waals surface area contributed by atoms with Crippen LogP contribution in [0.15, 0.2) is 41.5 Å². The lowest BCUT2D eigenvalue weighted by Crippen LogP contribution is -2.33. The number of aliphatic hydroxyl groups is 1. The van der Waals surface area contributed by atoms with Gasteiger partial charge in [-0.3, -0.25) is 4.79 Å². The predicted octanol–water partition coefficient (Wildman–Crippen LogP) is 3.53. The van der Waals surface area contributed by atoms with Crippen LogP contribution in [0.25, 0.3) is 6.08 Å². The molecule has 0 bridgehead atoms. The summed E-state index contributed by atoms with van der Waals surface area (Å²) in [6, 6.07) is 7.76. The van der Waals surface area contributed by atoms with E-state index in [9.17, 15) is 9.90 Å². The summed E-state index contributed by atoms with van der Waals surface area (Å²) >= 11 is 0. The number of ketones is 1. The van der Waals surface area contributed by atoms with Crippen LogP contribution in [0.5, 0.6) is 5.75 Å². The van der Waals surface area contributed by atoms with Gasteiger partial charge in [-0.15, -0.1) is 0 Å². The van der Waals surface area contributed by atoms with Crippen LogP contribution in [0.4, 0.5) is 0 Å². The van der Waals surface area contributed by atoms with Crippen LogP contribution < -0.4 is 4.74 Å². The molecule has 3 rings (SSSR count). The molecule has 3 heteroatoms. The number of benzene rings is 1. The average Bonchev–Trinajstić information content (AvgIpc) is 2.83. The van der Waals surface area contributed by atoms with E-state index in [0.717, 1.165) is 41.7 Å². The number of fused-ring (bicyclic) bond motifs is 1. The Labute approximate surface area is 131 Å². The molecule has 0 aromatic heterocycles. The van der Waals surface area contributed by atoms with E-state index in [0.29, 0.717) is 6.42 Å². The number of carbonyl (C=O) groups is 1. The fraction of sp³-hybridized carbons (Fsp3) is 0.421. The zero-order valence-electron chi connectivity index (χ0n) is 13.1. The molecule has 1 N–H and O–H groups in total. The van der Waals surface area contributed by atoms with E-state index in [2.05, 4.69) is 6.92 Å². The Balaban J connectivity index is 1.95. The first-order chi connectivity index (χ1) is 10.5. The summed E-state index contributed by atoms with van der Waals surface area (Å²) in [5.41, 5.74) is 2.72. The molecule has 0 spiro atoms. The van der Waals surface area contributed by atoms with Crippen molar-refractivity contribution in [2.75, 3.05) is 7.11 Å². The van der Waals surface area contributed by atoms with Crippen molar-refractivity contribution in [2.45, 2.75) is 38.7 Å². The van der Waals surface area contributed by atoms with Crippen molar-refractivity contribution in [1.82, 2.24) is 0 Å². The minimum atomic E-state index is -0.323. The summed E-state index contributed by atoms with van der Waals surface area (Å²) in [6.45, 7) is 2.09. The van der Waals surface area contributed by atoms with Crippen molar-refractivity contribution in [3.05, 3.63) is 47.1 Å². The maximum absolute atomic E-state index is 12.3. The normalized spacial score (nSPS) is 28.3. The van der Waals surface area contributed by atoms with Crippen LogP contribution >= 0.6 is 0 Å². The van der Waals surface area contributed by atoms with E-state index in [1.807, 2.05) is 36.4 Å². The molecule has 0 heterocycles. The largest absolute Gasteiger partial charge is 0.497 e. The van der Waals surface area contributed by atoms with Gasteiger partial charge in [0.1, 0.15) is 5.75 Å². The molecule has 116 valence electrons. The van der Waals surface area contributed by atoms with Gasteiger partial charge >= 0.3 is 0 Å². The number of rotatable bonds is 3. The standard InChI is InChI=1S/C19H22O3/c1-19-11-10-17(20)15(16(19)8-9-18(19)21)7-6-13-4-3-5-14(12-13)22-2/h3-7,12,18,21H,8-11H2,1-2H3/t18-,19-/m1/s1. The molecule has 0 amide bonds. The van der Waals surface area contributed by atoms with Crippen molar-refractivity contribution < 1.29 is 14.6 Å². The van der Waals surface area contributed by atoms with E-state index >= 15 is 0 Å². The van der Waals surface area contributed by atoms with Crippen LogP contribution in [0.1, 0.15) is 38.2 Å². The Morgan fingerprint density at radius 2 is 2.14 bits per heavy atom. The highest BCUT2D eigenvalue weighted by Crippen LogP contribution is 2.50. The molecule has 0 saturated heterocycles. The number of hydrogen-bond donors (Lipinski definition) is 1. The first-order valence-electron chi connectivity index (χ1n) is 7.81. The molecule has 3 nitrogen and oxygen atoms in total. The van der Waals surface area contributed by atoms with Gasteiger partial charge < -0.3 is 9.84 Å². The lowest BCUT2D eigenvalue weighted by atomic mass is 9.71. The molecule has 2 aliphatic carbocycles. The Kier molecular flexibility index (Phi) is 3.92. The van der Waals surface area contributed by atoms with Crippen LogP contribution in [0.2, 0.25) is 0 Å². The van der Waals surface area contributed by atoms with E-state index in [4.69, 9.17) is 4.74 Å². The number of ether oxygens (including phenoxy) is 1. The van der Waals surface area contributed by atoms with E-state index in [1.165, 1.54) is 0 Å². The Hall–Kier alpha value is -1.87. The first-order valence-corrected chi connectivity index (χ1v) is 7.81. The second-order valence-electron chi connectivity index (χ2n) is 6.40. The number of carbonyl (C=O) groups excluding carboxylic acids is 1. The third-order valence-corrected chi connectivity index (χ3v) is 5.13. The van der Waals surface area contributed by atoms with Gasteiger partial charge in [0, 0.05) is 17.4 Å². The van der Waals surface area contributed by atoms with Crippen molar-refractivity contribution in [3.8, 4) is 5.75 Å². The molecular weight excluding hydrogens is 276 g/mol. The fourth-order valence-corrected chi connectivity index (χ4v) is 3.64. The molecule has 22 heavy (non-hydrogen) atoms. The molecule has 1 fully saturated rings. The van der Waals surface area contributed by atoms with Crippen molar-refractivity contribution >= 4 is 11.9 Å². The molecule has 2 atom stereocenters. The van der Waals surface area contributed by atoms with Crippen molar-refractivity contribution in [1.29, 1.82) is 0 Å². The summed E-state index contributed by atoms with van der Waals surface area (Å²) < 4.78 is 5.22. The number of methoxy groups -OCH3 is 1. The van der Waals surface area contributed by atoms with Gasteiger partial charge in [-0.1, -0.05) is 36.8 Å². The molecule has 0 aliphatic heterocycles. The van der Waals surface area contributed by atoms with Crippen LogP contribution in [0, 0.1) is 5.41 Å². The number of hydrogen-bond acceptors (Lipinski definition) is 3. The number of allylic oxidation sites excluding steroid dienone is 2. The molecular formula is C19H22O3. The summed E-state index contributed by atoms with van der Waals surface area (Å²) in [6.07, 6.45) is 6.42. The van der Waals surface area contributed by atoms with Gasteiger partial charge in [0.05, 0.1) is 13.2 Å². The second kappa shape index (κ2) is 5.73. The predicted molar refractivity (Wildman–Crippen MR) is 86.6 cm³/mol. The Bertz CT molecular complexity index is 656. The molecule has 1 aromatic rings. The minimum Gasteiger partial charge on any atom is -0.497 e. The Morgan fingerprint density at radius 1 is 1.32 bits per heavy atom. The van der Waals surface area contributed by atoms with Gasteiger partial charge in [-0.25, -0.2) is 0 Å². The van der Waals surface area contributed by atoms with E-state index in [-0.39, 0.29) is 17.3 Å². The zero-order chi connectivity index (χ0) is 15.7. The smallest absolute Gasteiger partial charge is 0.162 e. The summed E-state index contributed by atoms with van der Waals surface area (Å²) in [5.74, 6) is 0.997. The second-order valence-corrected chi connectivity index (χ2v) is 6.40. The highest BCUT2D eigenvalue weighted by molar-refractivity contribution is 6.01. The maximum Gasteiger partial charge on any atom is 0.162 e. The summed E-state index contributed by atoms with van der Waals surface area (Å²) in [5, 5.41) is 10.3. The van der Waals surface area contributed by atoms with Gasteiger partial charge in [-0.05, 0) is 37.0 Å². The molecule has 0 radical (unpaired) electrons. The molecule has 1 aromatic carbocycles. The van der Waals surface area contributed by atoms with Crippen LogP contribution in [-0.4, -0.2) is 24.1 Å². The van der Waals surface area contributed by atoms with Crippen LogP contribution in [-0.2, 0) is 4.79 Å². The van der Waals surface area contributed by atoms with Gasteiger partial charge in [0.15, 0.2) is 5.78 Å². The van der Waals surface area contributed by atoms with Crippen molar-refractivity contribution in [2.24, 2.45) is 5.41 Å². The SMILES string of the molecule is COc1cccc(C=CC2=C3CC[C@@H](O)[C@]3(C)CCC2=O)c1. The fourth-order valence-electron chi connectivity index (χ4n) is 3.64. The monoisotopic (exact) mass is 298 g/mol. The topological polar surface area (TPSA) is 46.5 Å². The summed E-state index contributed by atoms with van der Waals surface area (Å²) in [7, 11) is 1.64. The lowest BCUT2D eigenvalue weighted by molar-refractivity contribution is -0.116. The third-order valence-electron chi connectivity index (χ3n) is 5.13. The van der Waals surface area contributed by atoms with E-state index < -0.39 is 0 Å². The van der Waals surface area contributed by atoms with Gasteiger partial charge in [0.2, 0.25) is 0 Å². The average molecular weight is 298 g/mol. The first kappa shape index (κ1) is 15.0. The number of aliphatic hydroxyl groups excluding tert-OH is 1. The van der Waals surface area contributed by atoms with Gasteiger partial charge in [-0.2, -0.15) is 0 Å². The summed E-state index contributed by atoms with van der Waals surface area (Å²) in [4.78, 5) is 12.3. The van der Waals surface area contributed by atoms with Crippen molar-refractivity contribution in [3.63, 3.8) is 0 Å². The lowest BCUT2D eigenvalue weighted by Gasteiger charge is -2.34. The van der Waals surface area contributed by atoms with Crippen LogP contribution in [0.3, 0.4) is 0 Å². The van der Waals surface area contributed by atoms with Gasteiger partial charge in [0.25, 0.3) is 0 Å². The molecule has 0 unspecified atom stereocenters. The molecule has 2 aliphatic rings. The Morgan fingerprint density at radius 3 is 2.91 bits per heavy atom. The molecule has 1 saturated carbocycles.